The highest BCUT2D eigenvalue weighted by molar-refractivity contribution is 7.92. The Morgan fingerprint density at radius 3 is 2.49 bits per heavy atom. The van der Waals surface area contributed by atoms with E-state index in [9.17, 15) is 31.5 Å². The average Bonchev–Trinajstić information content (AvgIpc) is 3.42. The summed E-state index contributed by atoms with van der Waals surface area (Å²) in [5.74, 6) is -1.37. The van der Waals surface area contributed by atoms with Gasteiger partial charge < -0.3 is 10.0 Å². The van der Waals surface area contributed by atoms with Gasteiger partial charge in [-0.3, -0.25) is 9.52 Å². The largest absolute Gasteiger partial charge is 0.481 e. The number of aryl methyl sites for hydroxylation is 1. The Kier molecular flexibility index (Phi) is 6.09. The molecule has 0 radical (unpaired) electrons. The highest BCUT2D eigenvalue weighted by atomic mass is 32.2. The van der Waals surface area contributed by atoms with Crippen molar-refractivity contribution in [3.05, 3.63) is 65.7 Å². The van der Waals surface area contributed by atoms with E-state index >= 15 is 0 Å². The smallest absolute Gasteiger partial charge is 0.418 e. The summed E-state index contributed by atoms with van der Waals surface area (Å²) in [5.41, 5.74) is -0.591. The van der Waals surface area contributed by atoms with E-state index in [0.29, 0.717) is 24.2 Å². The minimum absolute atomic E-state index is 0.0437. The summed E-state index contributed by atoms with van der Waals surface area (Å²) in [6, 6.07) is 12.2. The number of aliphatic carboxylic acids is 1. The molecule has 0 unspecified atom stereocenters. The number of hydrogen-bond donors (Lipinski definition) is 2. The maximum Gasteiger partial charge on any atom is 0.418 e. The molecule has 2 aliphatic rings. The number of aromatic nitrogens is 2. The molecule has 194 valence electrons. The first-order chi connectivity index (χ1) is 17.5. The zero-order valence-electron chi connectivity index (χ0n) is 19.6. The fraction of sp³-hybridized carbons (Fsp3) is 0.320. The van der Waals surface area contributed by atoms with Crippen LogP contribution in [-0.2, 0) is 21.0 Å². The van der Waals surface area contributed by atoms with Gasteiger partial charge in [0, 0.05) is 17.6 Å². The van der Waals surface area contributed by atoms with Crippen LogP contribution in [0.5, 0.6) is 0 Å². The van der Waals surface area contributed by atoms with Crippen molar-refractivity contribution >= 4 is 27.6 Å². The number of benzene rings is 1. The number of pyridine rings is 2. The molecule has 2 N–H and O–H groups in total. The van der Waals surface area contributed by atoms with Crippen LogP contribution in [-0.4, -0.2) is 41.5 Å². The van der Waals surface area contributed by atoms with Crippen LogP contribution in [0.15, 0.2) is 59.6 Å². The first kappa shape index (κ1) is 25.0. The van der Waals surface area contributed by atoms with Gasteiger partial charge in [0.05, 0.1) is 17.2 Å². The van der Waals surface area contributed by atoms with Crippen LogP contribution in [0.2, 0.25) is 0 Å². The topological polar surface area (TPSA) is 112 Å². The molecule has 2 bridgehead atoms. The second kappa shape index (κ2) is 9.02. The molecule has 2 aromatic heterocycles. The normalized spacial score (nSPS) is 21.3. The lowest BCUT2D eigenvalue weighted by atomic mass is 9.89. The molecule has 4 heterocycles. The monoisotopic (exact) mass is 532 g/mol. The number of alkyl halides is 3. The highest BCUT2D eigenvalue weighted by Crippen LogP contribution is 2.44. The molecule has 0 spiro atoms. The first-order valence-electron chi connectivity index (χ1n) is 11.6. The Bertz CT molecular complexity index is 1480. The molecule has 2 aliphatic heterocycles. The van der Waals surface area contributed by atoms with E-state index in [2.05, 4.69) is 14.7 Å². The van der Waals surface area contributed by atoms with Gasteiger partial charge >= 0.3 is 12.1 Å². The van der Waals surface area contributed by atoms with Gasteiger partial charge in [0.25, 0.3) is 10.0 Å². The number of nitrogens with zero attached hydrogens (tertiary/aromatic N) is 3. The van der Waals surface area contributed by atoms with Gasteiger partial charge in [0.1, 0.15) is 11.6 Å². The van der Waals surface area contributed by atoms with Gasteiger partial charge in [-0.15, -0.1) is 0 Å². The van der Waals surface area contributed by atoms with Crippen molar-refractivity contribution in [2.24, 2.45) is 5.92 Å². The third-order valence-corrected chi connectivity index (χ3v) is 8.20. The predicted octanol–water partition coefficient (Wildman–Crippen LogP) is 4.71. The van der Waals surface area contributed by atoms with Gasteiger partial charge in [-0.25, -0.2) is 9.97 Å². The zero-order chi connectivity index (χ0) is 26.5. The van der Waals surface area contributed by atoms with Crippen LogP contribution >= 0.6 is 0 Å². The van der Waals surface area contributed by atoms with Crippen molar-refractivity contribution in [1.29, 1.82) is 0 Å². The lowest BCUT2D eigenvalue weighted by Crippen LogP contribution is -2.33. The number of carboxylic acid groups (broad SMARTS) is 1. The van der Waals surface area contributed by atoms with Gasteiger partial charge in [-0.2, -0.15) is 21.6 Å². The fourth-order valence-corrected chi connectivity index (χ4v) is 6.25. The summed E-state index contributed by atoms with van der Waals surface area (Å²) in [6.07, 6.45) is -2.76. The van der Waals surface area contributed by atoms with Crippen LogP contribution in [0.25, 0.3) is 11.3 Å². The van der Waals surface area contributed by atoms with Crippen molar-refractivity contribution < 1.29 is 31.5 Å². The zero-order valence-corrected chi connectivity index (χ0v) is 20.4. The van der Waals surface area contributed by atoms with E-state index in [-0.39, 0.29) is 34.2 Å². The van der Waals surface area contributed by atoms with Gasteiger partial charge in [-0.1, -0.05) is 30.3 Å². The quantitative estimate of drug-likeness (QED) is 0.473. The second-order valence-corrected chi connectivity index (χ2v) is 10.9. The third-order valence-electron chi connectivity index (χ3n) is 6.94. The first-order valence-corrected chi connectivity index (χ1v) is 13.1. The third kappa shape index (κ3) is 4.61. The van der Waals surface area contributed by atoms with Crippen LogP contribution in [0.3, 0.4) is 0 Å². The lowest BCUT2D eigenvalue weighted by molar-refractivity contribution is -0.142. The molecule has 5 rings (SSSR count). The summed E-state index contributed by atoms with van der Waals surface area (Å²) in [6.45, 7) is 1.64. The standard InChI is InChI=1S/C25H23F3N4O4S/c1-14-5-2-3-6-16(14)23-18(25(26,27)28)10-12-20(29-23)31-37(35,36)22-8-4-7-21(30-22)32-15-9-11-19(32)17(13-15)24(33)34/h2-8,10,12,15,17,19H,9,11,13H2,1H3,(H,29,31)(H,33,34)/t15-,17+,19+/m1/s1. The number of hydrogen-bond acceptors (Lipinski definition) is 6. The SMILES string of the molecule is Cc1ccccc1-c1nc(NS(=O)(=O)c2cccc(N3[C@@H]4CC[C@H]3[C@@H](C(=O)O)C4)n2)ccc1C(F)(F)F. The Balaban J connectivity index is 1.47. The summed E-state index contributed by atoms with van der Waals surface area (Å²) < 4.78 is 69.7. The number of sulfonamides is 1. The number of fused-ring (bicyclic) bond motifs is 2. The average molecular weight is 533 g/mol. The van der Waals surface area contributed by atoms with Gasteiger partial charge in [-0.05, 0) is 56.0 Å². The van der Waals surface area contributed by atoms with Crippen molar-refractivity contribution in [2.75, 3.05) is 9.62 Å². The molecule has 12 heteroatoms. The minimum Gasteiger partial charge on any atom is -0.481 e. The molecule has 0 aliphatic carbocycles. The predicted molar refractivity (Wildman–Crippen MR) is 129 cm³/mol. The van der Waals surface area contributed by atoms with Crippen LogP contribution in [0, 0.1) is 12.8 Å². The van der Waals surface area contributed by atoms with Crippen molar-refractivity contribution in [3.8, 4) is 11.3 Å². The molecule has 2 saturated heterocycles. The second-order valence-electron chi connectivity index (χ2n) is 9.23. The Morgan fingerprint density at radius 1 is 1.05 bits per heavy atom. The molecule has 1 aromatic carbocycles. The van der Waals surface area contributed by atoms with Gasteiger partial charge in [0.2, 0.25) is 0 Å². The molecule has 37 heavy (non-hydrogen) atoms. The minimum atomic E-state index is -4.69. The maximum absolute atomic E-state index is 13.7. The van der Waals surface area contributed by atoms with E-state index in [1.54, 1.807) is 31.2 Å². The summed E-state index contributed by atoms with van der Waals surface area (Å²) in [4.78, 5) is 21.8. The molecular weight excluding hydrogens is 509 g/mol. The number of carboxylic acids is 1. The van der Waals surface area contributed by atoms with E-state index in [1.807, 2.05) is 4.90 Å². The maximum atomic E-state index is 13.7. The van der Waals surface area contributed by atoms with Crippen LogP contribution < -0.4 is 9.62 Å². The van der Waals surface area contributed by atoms with Crippen LogP contribution in [0.4, 0.5) is 24.8 Å². The lowest BCUT2D eigenvalue weighted by Gasteiger charge is -2.24. The number of anilines is 2. The van der Waals surface area contributed by atoms with Crippen LogP contribution in [0.1, 0.15) is 30.4 Å². The molecular formula is C25H23F3N4O4S. The Labute approximate surface area is 211 Å². The summed E-state index contributed by atoms with van der Waals surface area (Å²) >= 11 is 0. The van der Waals surface area contributed by atoms with Crippen molar-refractivity contribution in [2.45, 2.75) is 49.5 Å². The molecule has 0 amide bonds. The summed E-state index contributed by atoms with van der Waals surface area (Å²) in [5, 5.41) is 9.16. The molecule has 8 nitrogen and oxygen atoms in total. The van der Waals surface area contributed by atoms with E-state index < -0.39 is 33.7 Å². The Hall–Kier alpha value is -3.67. The summed E-state index contributed by atoms with van der Waals surface area (Å²) in [7, 11) is -4.32. The van der Waals surface area contributed by atoms with Crippen molar-refractivity contribution in [3.63, 3.8) is 0 Å². The molecule has 3 aromatic rings. The number of nitrogens with one attached hydrogen (secondary N) is 1. The van der Waals surface area contributed by atoms with Crippen molar-refractivity contribution in [1.82, 2.24) is 9.97 Å². The number of halogens is 3. The molecule has 3 atom stereocenters. The number of rotatable bonds is 6. The number of carbonyl (C=O) groups is 1. The molecule has 0 saturated carbocycles. The highest BCUT2D eigenvalue weighted by Gasteiger charge is 2.50. The Morgan fingerprint density at radius 2 is 1.81 bits per heavy atom. The van der Waals surface area contributed by atoms with Gasteiger partial charge in [0.15, 0.2) is 5.03 Å². The van der Waals surface area contributed by atoms with E-state index in [0.717, 1.165) is 18.6 Å². The van der Waals surface area contributed by atoms with E-state index in [1.165, 1.54) is 18.2 Å². The fourth-order valence-electron chi connectivity index (χ4n) is 5.29. The van der Waals surface area contributed by atoms with E-state index in [4.69, 9.17) is 0 Å². The molecule has 2 fully saturated rings.